The number of likely N-dealkylation sites (N-methyl/N-ethyl adjacent to an activating group) is 1. The second-order valence-corrected chi connectivity index (χ2v) is 7.09. The predicted octanol–water partition coefficient (Wildman–Crippen LogP) is 3.69. The van der Waals surface area contributed by atoms with E-state index in [1.165, 1.54) is 0 Å². The molecule has 1 aromatic carbocycles. The Labute approximate surface area is 125 Å². The maximum atomic E-state index is 13.9. The summed E-state index contributed by atoms with van der Waals surface area (Å²) < 4.78 is 33.4. The van der Waals surface area contributed by atoms with E-state index >= 15 is 0 Å². The molecule has 1 aliphatic rings. The van der Waals surface area contributed by atoms with E-state index in [1.54, 1.807) is 12.1 Å². The number of rotatable bonds is 4. The van der Waals surface area contributed by atoms with Gasteiger partial charge in [-0.15, -0.1) is 0 Å². The van der Waals surface area contributed by atoms with E-state index in [1.807, 2.05) is 7.05 Å². The Morgan fingerprint density at radius 3 is 2.48 bits per heavy atom. The van der Waals surface area contributed by atoms with Crippen LogP contribution in [0, 0.1) is 17.6 Å². The van der Waals surface area contributed by atoms with Gasteiger partial charge in [0.25, 0.3) is 0 Å². The molecule has 1 heterocycles. The van der Waals surface area contributed by atoms with Crippen LogP contribution in [0.2, 0.25) is 0 Å². The highest BCUT2D eigenvalue weighted by molar-refractivity contribution is 5.21. The Hall–Kier alpha value is -1.00. The molecule has 0 aromatic heterocycles. The number of hydrogen-bond donors (Lipinski definition) is 1. The highest BCUT2D eigenvalue weighted by Gasteiger charge is 2.48. The number of halogens is 2. The third-order valence-electron chi connectivity index (χ3n) is 4.47. The first kappa shape index (κ1) is 16.4. The zero-order chi connectivity index (χ0) is 15.8. The molecule has 0 radical (unpaired) electrons. The zero-order valence-corrected chi connectivity index (χ0v) is 13.5. The van der Waals surface area contributed by atoms with Crippen LogP contribution in [0.5, 0.6) is 0 Å². The predicted molar refractivity (Wildman–Crippen MR) is 80.3 cm³/mol. The largest absolute Gasteiger partial charge is 0.369 e. The van der Waals surface area contributed by atoms with Crippen molar-refractivity contribution in [2.24, 2.45) is 5.92 Å². The molecule has 2 unspecified atom stereocenters. The highest BCUT2D eigenvalue weighted by atomic mass is 19.2. The molecule has 2 nitrogen and oxygen atoms in total. The Bertz CT molecular complexity index is 514. The average molecular weight is 297 g/mol. The lowest BCUT2D eigenvalue weighted by Gasteiger charge is -2.33. The molecule has 118 valence electrons. The molecule has 2 atom stereocenters. The van der Waals surface area contributed by atoms with E-state index in [2.05, 4.69) is 33.0 Å². The Morgan fingerprint density at radius 1 is 1.29 bits per heavy atom. The smallest absolute Gasteiger partial charge is 0.162 e. The Morgan fingerprint density at radius 2 is 1.95 bits per heavy atom. The van der Waals surface area contributed by atoms with Crippen LogP contribution in [0.25, 0.3) is 0 Å². The fourth-order valence-corrected chi connectivity index (χ4v) is 3.62. The van der Waals surface area contributed by atoms with Crippen molar-refractivity contribution in [2.45, 2.75) is 57.8 Å². The SMILES string of the molecule is CNC(Cc1cccc(F)c1F)C1CC(C)(C)OC1(C)C. The van der Waals surface area contributed by atoms with Gasteiger partial charge in [-0.05, 0) is 59.2 Å². The molecule has 4 heteroatoms. The van der Waals surface area contributed by atoms with Gasteiger partial charge in [0, 0.05) is 12.0 Å². The molecule has 0 spiro atoms. The summed E-state index contributed by atoms with van der Waals surface area (Å²) in [5.74, 6) is -1.29. The minimum atomic E-state index is -0.787. The van der Waals surface area contributed by atoms with E-state index in [0.29, 0.717) is 12.0 Å². The third-order valence-corrected chi connectivity index (χ3v) is 4.47. The lowest BCUT2D eigenvalue weighted by Crippen LogP contribution is -2.44. The van der Waals surface area contributed by atoms with Crippen LogP contribution in [0.1, 0.15) is 39.7 Å². The fourth-order valence-electron chi connectivity index (χ4n) is 3.62. The minimum Gasteiger partial charge on any atom is -0.369 e. The van der Waals surface area contributed by atoms with Crippen LogP contribution in [0.4, 0.5) is 8.78 Å². The van der Waals surface area contributed by atoms with Gasteiger partial charge in [-0.2, -0.15) is 0 Å². The number of hydrogen-bond acceptors (Lipinski definition) is 2. The van der Waals surface area contributed by atoms with Crippen molar-refractivity contribution in [2.75, 3.05) is 7.05 Å². The summed E-state index contributed by atoms with van der Waals surface area (Å²) >= 11 is 0. The molecular weight excluding hydrogens is 272 g/mol. The van der Waals surface area contributed by atoms with Gasteiger partial charge in [0.15, 0.2) is 11.6 Å². The van der Waals surface area contributed by atoms with Crippen molar-refractivity contribution < 1.29 is 13.5 Å². The average Bonchev–Trinajstić information content (AvgIpc) is 2.59. The van der Waals surface area contributed by atoms with E-state index in [9.17, 15) is 8.78 Å². The molecule has 1 aromatic rings. The molecule has 1 fully saturated rings. The summed E-state index contributed by atoms with van der Waals surface area (Å²) in [6.07, 6.45) is 1.34. The molecule has 1 aliphatic heterocycles. The maximum Gasteiger partial charge on any atom is 0.162 e. The van der Waals surface area contributed by atoms with Crippen LogP contribution >= 0.6 is 0 Å². The second kappa shape index (κ2) is 5.65. The standard InChI is InChI=1S/C17H25F2NO/c1-16(2)10-12(17(3,4)21-16)14(20-5)9-11-7-6-8-13(18)15(11)19/h6-8,12,14,20H,9-10H2,1-5H3. The van der Waals surface area contributed by atoms with E-state index in [4.69, 9.17) is 4.74 Å². The quantitative estimate of drug-likeness (QED) is 0.915. The highest BCUT2D eigenvalue weighted by Crippen LogP contribution is 2.44. The molecular formula is C17H25F2NO. The van der Waals surface area contributed by atoms with Crippen LogP contribution < -0.4 is 5.32 Å². The van der Waals surface area contributed by atoms with Crippen molar-refractivity contribution in [3.8, 4) is 0 Å². The van der Waals surface area contributed by atoms with Gasteiger partial charge in [-0.25, -0.2) is 8.78 Å². The lowest BCUT2D eigenvalue weighted by atomic mass is 9.79. The minimum absolute atomic E-state index is 0.0399. The first-order valence-electron chi connectivity index (χ1n) is 7.46. The van der Waals surface area contributed by atoms with Gasteiger partial charge in [0.1, 0.15) is 0 Å². The maximum absolute atomic E-state index is 13.9. The monoisotopic (exact) mass is 297 g/mol. The molecule has 0 amide bonds. The van der Waals surface area contributed by atoms with Crippen molar-refractivity contribution in [1.29, 1.82) is 0 Å². The first-order chi connectivity index (χ1) is 9.66. The van der Waals surface area contributed by atoms with Crippen molar-refractivity contribution in [3.63, 3.8) is 0 Å². The molecule has 1 N–H and O–H groups in total. The normalized spacial score (nSPS) is 25.0. The molecule has 2 rings (SSSR count). The van der Waals surface area contributed by atoms with Crippen molar-refractivity contribution in [3.05, 3.63) is 35.4 Å². The fraction of sp³-hybridized carbons (Fsp3) is 0.647. The molecule has 21 heavy (non-hydrogen) atoms. The number of nitrogens with one attached hydrogen (secondary N) is 1. The van der Waals surface area contributed by atoms with Crippen molar-refractivity contribution >= 4 is 0 Å². The van der Waals surface area contributed by atoms with Crippen LogP contribution in [0.15, 0.2) is 18.2 Å². The summed E-state index contributed by atoms with van der Waals surface area (Å²) in [6.45, 7) is 8.28. The lowest BCUT2D eigenvalue weighted by molar-refractivity contribution is -0.0774. The number of ether oxygens (including phenoxy) is 1. The molecule has 1 saturated heterocycles. The van der Waals surface area contributed by atoms with Crippen molar-refractivity contribution in [1.82, 2.24) is 5.32 Å². The van der Waals surface area contributed by atoms with Crippen LogP contribution in [0.3, 0.4) is 0 Å². The van der Waals surface area contributed by atoms with Crippen LogP contribution in [-0.4, -0.2) is 24.3 Å². The van der Waals surface area contributed by atoms with Crippen LogP contribution in [-0.2, 0) is 11.2 Å². The van der Waals surface area contributed by atoms with Gasteiger partial charge in [-0.1, -0.05) is 12.1 Å². The number of benzene rings is 1. The first-order valence-corrected chi connectivity index (χ1v) is 7.46. The van der Waals surface area contributed by atoms with Gasteiger partial charge < -0.3 is 10.1 Å². The summed E-state index contributed by atoms with van der Waals surface area (Å²) in [5, 5.41) is 3.26. The molecule has 0 aliphatic carbocycles. The summed E-state index contributed by atoms with van der Waals surface area (Å²) in [6, 6.07) is 4.40. The second-order valence-electron chi connectivity index (χ2n) is 7.09. The summed E-state index contributed by atoms with van der Waals surface area (Å²) in [4.78, 5) is 0. The summed E-state index contributed by atoms with van der Waals surface area (Å²) in [7, 11) is 1.86. The van der Waals surface area contributed by atoms with Gasteiger partial charge in [-0.3, -0.25) is 0 Å². The topological polar surface area (TPSA) is 21.3 Å². The van der Waals surface area contributed by atoms with Gasteiger partial charge in [0.2, 0.25) is 0 Å². The van der Waals surface area contributed by atoms with E-state index in [0.717, 1.165) is 12.5 Å². The van der Waals surface area contributed by atoms with Gasteiger partial charge >= 0.3 is 0 Å². The zero-order valence-electron chi connectivity index (χ0n) is 13.5. The third kappa shape index (κ3) is 3.43. The Balaban J connectivity index is 2.23. The van der Waals surface area contributed by atoms with Gasteiger partial charge in [0.05, 0.1) is 11.2 Å². The summed E-state index contributed by atoms with van der Waals surface area (Å²) in [5.41, 5.74) is -0.0695. The van der Waals surface area contributed by atoms with E-state index in [-0.39, 0.29) is 23.2 Å². The van der Waals surface area contributed by atoms with E-state index < -0.39 is 11.6 Å². The molecule has 0 bridgehead atoms. The Kier molecular flexibility index (Phi) is 4.41. The molecule has 0 saturated carbocycles.